The molecule has 0 aliphatic rings. The molecule has 0 bridgehead atoms. The molecule has 0 aromatic rings. The maximum atomic E-state index is 3.92. The van der Waals surface area contributed by atoms with Gasteiger partial charge in [0.2, 0.25) is 0 Å². The summed E-state index contributed by atoms with van der Waals surface area (Å²) in [6.07, 6.45) is 11.6. The Labute approximate surface area is 126 Å². The minimum absolute atomic E-state index is 1.22. The fraction of sp³-hybridized carbons (Fsp3) is 0.833. The van der Waals surface area contributed by atoms with E-state index < -0.39 is 13.8 Å². The molecular weight excluding hydrogens is 511 g/mol. The van der Waals surface area contributed by atoms with Gasteiger partial charge >= 0.3 is 127 Å². The Bertz CT molecular complexity index is 202. The van der Waals surface area contributed by atoms with E-state index in [4.69, 9.17) is 0 Å². The van der Waals surface area contributed by atoms with Crippen molar-refractivity contribution in [3.8, 4) is 0 Å². The van der Waals surface area contributed by atoms with Crippen LogP contribution in [0.1, 0.15) is 58.8 Å². The summed E-state index contributed by atoms with van der Waals surface area (Å²) in [4.78, 5) is 0. The molecule has 0 amide bonds. The second-order valence-electron chi connectivity index (χ2n) is 3.99. The molecule has 0 aliphatic heterocycles. The van der Waals surface area contributed by atoms with Crippen molar-refractivity contribution in [1.29, 1.82) is 0 Å². The third-order valence-corrected chi connectivity index (χ3v) is 25.7. The number of rotatable bonds is 9. The van der Waals surface area contributed by atoms with Crippen LogP contribution in [-0.2, 0) is 0 Å². The fourth-order valence-corrected chi connectivity index (χ4v) is 10.9. The van der Waals surface area contributed by atoms with E-state index in [1.54, 1.807) is 0 Å². The third kappa shape index (κ3) is 8.97. The zero-order chi connectivity index (χ0) is 12.4. The molecule has 0 fully saturated rings. The van der Waals surface area contributed by atoms with Crippen molar-refractivity contribution < 1.29 is 0 Å². The normalized spacial score (nSPS) is 14.2. The predicted octanol–water partition coefficient (Wildman–Crippen LogP) is 6.81. The van der Waals surface area contributed by atoms with Crippen molar-refractivity contribution in [3.05, 3.63) is 8.61 Å². The summed E-state index contributed by atoms with van der Waals surface area (Å²) in [5, 5.41) is 0. The van der Waals surface area contributed by atoms with Crippen molar-refractivity contribution in [2.75, 3.05) is 0 Å². The average Bonchev–Trinajstić information content (AvgIpc) is 2.26. The monoisotopic (exact) mass is 534 g/mol. The van der Waals surface area contributed by atoms with E-state index in [0.717, 1.165) is 0 Å². The van der Waals surface area contributed by atoms with Gasteiger partial charge in [-0.3, -0.25) is 0 Å². The topological polar surface area (TPSA) is 0 Å². The average molecular weight is 535 g/mol. The molecule has 0 rings (SSSR count). The van der Waals surface area contributed by atoms with E-state index in [9.17, 15) is 0 Å². The molecule has 0 saturated carbocycles. The molecule has 0 atom stereocenters. The molecule has 16 heavy (non-hydrogen) atoms. The Morgan fingerprint density at radius 1 is 1.00 bits per heavy atom. The first kappa shape index (κ1) is 18.0. The van der Waals surface area contributed by atoms with Crippen molar-refractivity contribution in [1.82, 2.24) is 0 Å². The molecule has 0 spiro atoms. The zero-order valence-corrected chi connectivity index (χ0v) is 17.4. The van der Waals surface area contributed by atoms with Crippen molar-refractivity contribution >= 4 is 55.2 Å². The number of halogens is 3. The Kier molecular flexibility index (Phi) is 12.2. The van der Waals surface area contributed by atoms with Gasteiger partial charge < -0.3 is 0 Å². The summed E-state index contributed by atoms with van der Waals surface area (Å²) in [5.41, 5.74) is 0. The third-order valence-electron chi connectivity index (χ3n) is 2.40. The molecule has 0 saturated heterocycles. The Morgan fingerprint density at radius 2 is 1.62 bits per heavy atom. The zero-order valence-electron chi connectivity index (χ0n) is 10.3. The first-order valence-electron chi connectivity index (χ1n) is 6.10. The molecule has 0 aromatic carbocycles. The molecule has 0 aromatic heterocycles. The Morgan fingerprint density at radius 3 is 2.19 bits per heavy atom. The van der Waals surface area contributed by atoms with E-state index in [2.05, 4.69) is 61.4 Å². The van der Waals surface area contributed by atoms with Crippen LogP contribution in [0.3, 0.4) is 0 Å². The van der Waals surface area contributed by atoms with Gasteiger partial charge in [0.15, 0.2) is 0 Å². The molecule has 0 aliphatic carbocycles. The SMILES string of the molecule is CCCCCC/C=C(\Br)[Te](Br)(Br)CCCC. The molecule has 0 N–H and O–H groups in total. The molecule has 4 heteroatoms. The van der Waals surface area contributed by atoms with Gasteiger partial charge in [0.1, 0.15) is 0 Å². The first-order chi connectivity index (χ1) is 7.54. The number of hydrogen-bond donors (Lipinski definition) is 0. The molecule has 98 valence electrons. The summed E-state index contributed by atoms with van der Waals surface area (Å²) in [7, 11) is 0. The van der Waals surface area contributed by atoms with Crippen molar-refractivity contribution in [2.45, 2.75) is 63.3 Å². The standard InChI is InChI=1S/C12H23Br3Te/c1-3-5-7-8-9-10-12(13)16(14,15)11-6-4-2/h10H,3-9,11H2,1-2H3/b12-10+. The molecule has 0 nitrogen and oxygen atoms in total. The van der Waals surface area contributed by atoms with Gasteiger partial charge in [0.05, 0.1) is 0 Å². The Hall–Kier alpha value is 1.97. The van der Waals surface area contributed by atoms with E-state index in [-0.39, 0.29) is 0 Å². The molecule has 0 radical (unpaired) electrons. The van der Waals surface area contributed by atoms with Crippen LogP contribution in [0.15, 0.2) is 8.61 Å². The van der Waals surface area contributed by atoms with Crippen LogP contribution in [0.5, 0.6) is 0 Å². The Balaban J connectivity index is 3.89. The summed E-state index contributed by atoms with van der Waals surface area (Å²) >= 11 is 9.57. The van der Waals surface area contributed by atoms with Crippen molar-refractivity contribution in [3.63, 3.8) is 0 Å². The van der Waals surface area contributed by atoms with E-state index in [1.165, 1.54) is 51.9 Å². The minimum atomic E-state index is -2.03. The van der Waals surface area contributed by atoms with Crippen LogP contribution < -0.4 is 0 Å². The van der Waals surface area contributed by atoms with E-state index >= 15 is 0 Å². The summed E-state index contributed by atoms with van der Waals surface area (Å²) < 4.78 is 2.74. The van der Waals surface area contributed by atoms with Gasteiger partial charge in [-0.1, -0.05) is 0 Å². The quantitative estimate of drug-likeness (QED) is 0.225. The van der Waals surface area contributed by atoms with Crippen LogP contribution in [0.25, 0.3) is 0 Å². The van der Waals surface area contributed by atoms with Crippen LogP contribution in [0, 0.1) is 0 Å². The maximum absolute atomic E-state index is 3.92. The predicted molar refractivity (Wildman–Crippen MR) is 89.1 cm³/mol. The number of allylic oxidation sites excluding steroid dienone is 1. The summed E-state index contributed by atoms with van der Waals surface area (Å²) in [5.74, 6) is 0. The fourth-order valence-electron chi connectivity index (χ4n) is 1.33. The summed E-state index contributed by atoms with van der Waals surface area (Å²) in [6.45, 7) is 4.51. The van der Waals surface area contributed by atoms with Gasteiger partial charge in [0.25, 0.3) is 0 Å². The molecule has 0 unspecified atom stereocenters. The van der Waals surface area contributed by atoms with Crippen molar-refractivity contribution in [2.24, 2.45) is 0 Å². The molecule has 0 heterocycles. The van der Waals surface area contributed by atoms with Crippen LogP contribution in [-0.4, -0.2) is 13.8 Å². The van der Waals surface area contributed by atoms with Gasteiger partial charge in [-0.25, -0.2) is 0 Å². The van der Waals surface area contributed by atoms with Gasteiger partial charge in [-0.2, -0.15) is 0 Å². The second-order valence-corrected chi connectivity index (χ2v) is 32.8. The summed E-state index contributed by atoms with van der Waals surface area (Å²) in [6, 6.07) is 0. The van der Waals surface area contributed by atoms with E-state index in [0.29, 0.717) is 0 Å². The van der Waals surface area contributed by atoms with Crippen LogP contribution in [0.2, 0.25) is 4.47 Å². The van der Waals surface area contributed by atoms with Gasteiger partial charge in [0, 0.05) is 0 Å². The van der Waals surface area contributed by atoms with Crippen LogP contribution in [0.4, 0.5) is 0 Å². The first-order valence-corrected chi connectivity index (χ1v) is 20.2. The van der Waals surface area contributed by atoms with Gasteiger partial charge in [-0.15, -0.1) is 0 Å². The van der Waals surface area contributed by atoms with Crippen LogP contribution >= 0.6 is 41.4 Å². The van der Waals surface area contributed by atoms with E-state index in [1.807, 2.05) is 0 Å². The van der Waals surface area contributed by atoms with Gasteiger partial charge in [-0.05, 0) is 0 Å². The molecular formula is C12H23Br3Te. The number of unbranched alkanes of at least 4 members (excludes halogenated alkanes) is 5. The second kappa shape index (κ2) is 10.9. The number of hydrogen-bond acceptors (Lipinski definition) is 0.